The number of hydrogen-bond donors (Lipinski definition) is 2. The van der Waals surface area contributed by atoms with Crippen molar-refractivity contribution in [1.82, 2.24) is 4.72 Å². The number of benzene rings is 1. The number of sulfonamides is 1. The zero-order chi connectivity index (χ0) is 13.7. The zero-order valence-electron chi connectivity index (χ0n) is 10.7. The molecule has 1 saturated heterocycles. The van der Waals surface area contributed by atoms with Gasteiger partial charge in [-0.25, -0.2) is 13.1 Å². The summed E-state index contributed by atoms with van der Waals surface area (Å²) in [4.78, 5) is 0.183. The lowest BCUT2D eigenvalue weighted by Crippen LogP contribution is -2.31. The lowest BCUT2D eigenvalue weighted by atomic mass is 10.0. The minimum atomic E-state index is -3.52. The summed E-state index contributed by atoms with van der Waals surface area (Å²) in [7, 11) is -3.52. The van der Waals surface area contributed by atoms with Gasteiger partial charge in [0.15, 0.2) is 0 Å². The lowest BCUT2D eigenvalue weighted by molar-refractivity contribution is 0.278. The van der Waals surface area contributed by atoms with Crippen molar-refractivity contribution in [3.8, 4) is 0 Å². The van der Waals surface area contributed by atoms with Gasteiger partial charge in [-0.3, -0.25) is 0 Å². The first kappa shape index (κ1) is 14.8. The molecule has 1 aliphatic heterocycles. The van der Waals surface area contributed by atoms with Gasteiger partial charge in [-0.05, 0) is 41.9 Å². The molecule has 2 N–H and O–H groups in total. The molecule has 0 amide bonds. The summed E-state index contributed by atoms with van der Waals surface area (Å²) in [5, 5.41) is 9.20. The van der Waals surface area contributed by atoms with E-state index < -0.39 is 10.0 Å². The Morgan fingerprint density at radius 3 is 2.63 bits per heavy atom. The molecule has 0 bridgehead atoms. The van der Waals surface area contributed by atoms with E-state index in [1.807, 2.05) is 11.8 Å². The van der Waals surface area contributed by atoms with Crippen LogP contribution in [-0.4, -0.2) is 31.6 Å². The minimum absolute atomic E-state index is 0.183. The standard InChI is InChI=1S/C13H19NO3S2/c15-10-12-3-1-2-4-13(12)19(16,17)14-9-11-5-7-18-8-6-11/h1-4,11,14-15H,5-10H2. The zero-order valence-corrected chi connectivity index (χ0v) is 12.3. The number of hydrogen-bond acceptors (Lipinski definition) is 4. The molecule has 0 aromatic heterocycles. The van der Waals surface area contributed by atoms with Crippen LogP contribution in [0.2, 0.25) is 0 Å². The molecule has 6 heteroatoms. The van der Waals surface area contributed by atoms with Gasteiger partial charge in [-0.1, -0.05) is 18.2 Å². The average molecular weight is 301 g/mol. The van der Waals surface area contributed by atoms with Crippen LogP contribution >= 0.6 is 11.8 Å². The molecule has 0 unspecified atom stereocenters. The molecule has 19 heavy (non-hydrogen) atoms. The topological polar surface area (TPSA) is 66.4 Å². The van der Waals surface area contributed by atoms with E-state index >= 15 is 0 Å². The van der Waals surface area contributed by atoms with E-state index in [1.54, 1.807) is 18.2 Å². The predicted octanol–water partition coefficient (Wildman–Crippen LogP) is 1.60. The fourth-order valence-corrected chi connectivity index (χ4v) is 4.70. The summed E-state index contributed by atoms with van der Waals surface area (Å²) in [5.41, 5.74) is 0.439. The van der Waals surface area contributed by atoms with E-state index in [0.717, 1.165) is 24.3 Å². The monoisotopic (exact) mass is 301 g/mol. The molecular formula is C13H19NO3S2. The van der Waals surface area contributed by atoms with Crippen LogP contribution in [0.1, 0.15) is 18.4 Å². The van der Waals surface area contributed by atoms with Crippen LogP contribution < -0.4 is 4.72 Å². The van der Waals surface area contributed by atoms with Gasteiger partial charge >= 0.3 is 0 Å². The van der Waals surface area contributed by atoms with Gasteiger partial charge in [0.05, 0.1) is 11.5 Å². The van der Waals surface area contributed by atoms with E-state index in [4.69, 9.17) is 0 Å². The van der Waals surface area contributed by atoms with Crippen LogP contribution in [0.4, 0.5) is 0 Å². The second kappa shape index (κ2) is 6.74. The van der Waals surface area contributed by atoms with Gasteiger partial charge in [-0.2, -0.15) is 11.8 Å². The van der Waals surface area contributed by atoms with Crippen LogP contribution in [0.25, 0.3) is 0 Å². The summed E-state index contributed by atoms with van der Waals surface area (Å²) in [6.07, 6.45) is 2.13. The normalized spacial score (nSPS) is 17.5. The molecule has 1 heterocycles. The molecule has 1 aromatic rings. The maximum atomic E-state index is 12.2. The molecule has 1 aliphatic rings. The van der Waals surface area contributed by atoms with Crippen LogP contribution in [0, 0.1) is 5.92 Å². The first-order valence-electron chi connectivity index (χ1n) is 6.39. The maximum absolute atomic E-state index is 12.2. The predicted molar refractivity (Wildman–Crippen MR) is 77.6 cm³/mol. The first-order chi connectivity index (χ1) is 9.13. The van der Waals surface area contributed by atoms with Crippen molar-refractivity contribution in [2.75, 3.05) is 18.1 Å². The van der Waals surface area contributed by atoms with Crippen molar-refractivity contribution < 1.29 is 13.5 Å². The second-order valence-corrected chi connectivity index (χ2v) is 7.63. The first-order valence-corrected chi connectivity index (χ1v) is 9.03. The van der Waals surface area contributed by atoms with Crippen LogP contribution in [0.15, 0.2) is 29.2 Å². The molecular weight excluding hydrogens is 282 g/mol. The number of rotatable bonds is 5. The number of nitrogens with one attached hydrogen (secondary N) is 1. The maximum Gasteiger partial charge on any atom is 0.240 e. The second-order valence-electron chi connectivity index (χ2n) is 4.67. The van der Waals surface area contributed by atoms with Gasteiger partial charge < -0.3 is 5.11 Å². The molecule has 0 aliphatic carbocycles. The van der Waals surface area contributed by atoms with Gasteiger partial charge in [-0.15, -0.1) is 0 Å². The minimum Gasteiger partial charge on any atom is -0.392 e. The van der Waals surface area contributed by atoms with Gasteiger partial charge in [0.2, 0.25) is 10.0 Å². The highest BCUT2D eigenvalue weighted by Crippen LogP contribution is 2.23. The summed E-state index contributed by atoms with van der Waals surface area (Å²) < 4.78 is 27.1. The molecule has 1 fully saturated rings. The van der Waals surface area contributed by atoms with Crippen molar-refractivity contribution in [2.45, 2.75) is 24.3 Å². The Morgan fingerprint density at radius 2 is 1.95 bits per heavy atom. The van der Waals surface area contributed by atoms with Crippen molar-refractivity contribution in [1.29, 1.82) is 0 Å². The SMILES string of the molecule is O=S(=O)(NCC1CCSCC1)c1ccccc1CO. The molecule has 2 rings (SSSR count). The van der Waals surface area contributed by atoms with E-state index in [0.29, 0.717) is 18.0 Å². The highest BCUT2D eigenvalue weighted by atomic mass is 32.2. The molecule has 106 valence electrons. The third kappa shape index (κ3) is 3.95. The Hall–Kier alpha value is -0.560. The van der Waals surface area contributed by atoms with Crippen molar-refractivity contribution in [3.05, 3.63) is 29.8 Å². The largest absolute Gasteiger partial charge is 0.392 e. The van der Waals surface area contributed by atoms with Crippen molar-refractivity contribution in [3.63, 3.8) is 0 Å². The molecule has 1 aromatic carbocycles. The Morgan fingerprint density at radius 1 is 1.26 bits per heavy atom. The van der Waals surface area contributed by atoms with Crippen molar-refractivity contribution in [2.24, 2.45) is 5.92 Å². The number of aliphatic hydroxyl groups excluding tert-OH is 1. The Labute approximate surface area is 118 Å². The van der Waals surface area contributed by atoms with Gasteiger partial charge in [0.1, 0.15) is 0 Å². The fourth-order valence-electron chi connectivity index (χ4n) is 2.15. The summed E-state index contributed by atoms with van der Waals surface area (Å²) in [6, 6.07) is 6.56. The van der Waals surface area contributed by atoms with E-state index in [1.165, 1.54) is 6.07 Å². The van der Waals surface area contributed by atoms with Crippen LogP contribution in [-0.2, 0) is 16.6 Å². The summed E-state index contributed by atoms with van der Waals surface area (Å²) in [5.74, 6) is 2.65. The summed E-state index contributed by atoms with van der Waals surface area (Å²) >= 11 is 1.92. The van der Waals surface area contributed by atoms with E-state index in [2.05, 4.69) is 4.72 Å². The van der Waals surface area contributed by atoms with Crippen LogP contribution in [0.5, 0.6) is 0 Å². The van der Waals surface area contributed by atoms with Crippen molar-refractivity contribution >= 4 is 21.8 Å². The fraction of sp³-hybridized carbons (Fsp3) is 0.538. The Bertz CT molecular complexity index is 510. The van der Waals surface area contributed by atoms with E-state index in [-0.39, 0.29) is 11.5 Å². The average Bonchev–Trinajstić information content (AvgIpc) is 2.46. The number of aliphatic hydroxyl groups is 1. The number of thioether (sulfide) groups is 1. The molecule has 0 saturated carbocycles. The summed E-state index contributed by atoms with van der Waals surface area (Å²) in [6.45, 7) is 0.222. The highest BCUT2D eigenvalue weighted by molar-refractivity contribution is 7.99. The van der Waals surface area contributed by atoms with Gasteiger partial charge in [0.25, 0.3) is 0 Å². The smallest absolute Gasteiger partial charge is 0.240 e. The highest BCUT2D eigenvalue weighted by Gasteiger charge is 2.20. The molecule has 4 nitrogen and oxygen atoms in total. The molecule has 0 atom stereocenters. The lowest BCUT2D eigenvalue weighted by Gasteiger charge is -2.21. The Balaban J connectivity index is 2.05. The third-order valence-electron chi connectivity index (χ3n) is 3.34. The third-order valence-corrected chi connectivity index (χ3v) is 5.91. The van der Waals surface area contributed by atoms with Gasteiger partial charge in [0, 0.05) is 6.54 Å². The van der Waals surface area contributed by atoms with Crippen LogP contribution in [0.3, 0.4) is 0 Å². The quantitative estimate of drug-likeness (QED) is 0.867. The molecule has 0 radical (unpaired) electrons. The van der Waals surface area contributed by atoms with E-state index in [9.17, 15) is 13.5 Å². The molecule has 0 spiro atoms. The Kier molecular flexibility index (Phi) is 5.27.